The second kappa shape index (κ2) is 6.13. The molecule has 6 atom stereocenters. The van der Waals surface area contributed by atoms with Gasteiger partial charge in [0.15, 0.2) is 0 Å². The lowest BCUT2D eigenvalue weighted by molar-refractivity contribution is -0.259. The van der Waals surface area contributed by atoms with Crippen molar-refractivity contribution in [3.8, 4) is 0 Å². The van der Waals surface area contributed by atoms with Gasteiger partial charge in [-0.2, -0.15) is 8.42 Å². The minimum Gasteiger partial charge on any atom is -0.381 e. The van der Waals surface area contributed by atoms with Crippen molar-refractivity contribution in [2.75, 3.05) is 13.7 Å². The molecule has 1 heterocycles. The van der Waals surface area contributed by atoms with Crippen molar-refractivity contribution in [2.24, 2.45) is 28.1 Å². The fourth-order valence-corrected chi connectivity index (χ4v) is 8.68. The van der Waals surface area contributed by atoms with E-state index in [2.05, 4.69) is 0 Å². The van der Waals surface area contributed by atoms with Crippen LogP contribution in [0.3, 0.4) is 0 Å². The van der Waals surface area contributed by atoms with E-state index in [4.69, 9.17) is 25.3 Å². The number of benzene rings is 1. The van der Waals surface area contributed by atoms with Gasteiger partial charge in [-0.1, -0.05) is 43.1 Å². The molecule has 6 unspecified atom stereocenters. The molecular weight excluding hydrogens is 440 g/mol. The summed E-state index contributed by atoms with van der Waals surface area (Å²) in [7, 11) is -2.75. The van der Waals surface area contributed by atoms with Gasteiger partial charge in [0.05, 0.1) is 22.5 Å². The summed E-state index contributed by atoms with van der Waals surface area (Å²) in [6.45, 7) is 7.98. The zero-order valence-corrected chi connectivity index (χ0v) is 19.9. The zero-order valence-electron chi connectivity index (χ0n) is 18.3. The lowest BCUT2D eigenvalue weighted by atomic mass is 9.40. The Morgan fingerprint density at radius 1 is 1.16 bits per heavy atom. The largest absolute Gasteiger partial charge is 0.381 e. The van der Waals surface area contributed by atoms with Crippen molar-refractivity contribution in [2.45, 2.75) is 51.2 Å². The van der Waals surface area contributed by atoms with Crippen molar-refractivity contribution in [1.82, 2.24) is 0 Å². The molecule has 3 fully saturated rings. The molecule has 0 N–H and O–H groups in total. The molecule has 0 radical (unpaired) electrons. The van der Waals surface area contributed by atoms with Crippen LogP contribution in [-0.4, -0.2) is 33.7 Å². The molecular formula is C23H27ClO6S. The van der Waals surface area contributed by atoms with Gasteiger partial charge in [-0.15, -0.1) is 0 Å². The molecule has 5 aliphatic rings. The summed E-state index contributed by atoms with van der Waals surface area (Å²) in [6.07, 6.45) is 1.63. The molecule has 1 aromatic rings. The van der Waals surface area contributed by atoms with Crippen LogP contribution in [0.25, 0.3) is 0 Å². The van der Waals surface area contributed by atoms with Gasteiger partial charge in [0.1, 0.15) is 10.7 Å². The third kappa shape index (κ3) is 2.08. The van der Waals surface area contributed by atoms with E-state index >= 15 is 0 Å². The summed E-state index contributed by atoms with van der Waals surface area (Å²) >= 11 is 6.97. The normalized spacial score (nSPS) is 43.5. The van der Waals surface area contributed by atoms with E-state index in [-0.39, 0.29) is 39.9 Å². The first-order valence-corrected chi connectivity index (χ1v) is 12.4. The zero-order chi connectivity index (χ0) is 22.6. The van der Waals surface area contributed by atoms with Crippen LogP contribution in [0, 0.1) is 35.0 Å². The van der Waals surface area contributed by atoms with Gasteiger partial charge in [0.2, 0.25) is 11.6 Å². The number of halogens is 1. The summed E-state index contributed by atoms with van der Waals surface area (Å²) in [5.41, 5.74) is -1.89. The Hall–Kier alpha value is -1.41. The molecule has 4 aliphatic carbocycles. The molecule has 1 aliphatic heterocycles. The quantitative estimate of drug-likeness (QED) is 0.620. The molecule has 8 heteroatoms. The molecule has 168 valence electrons. The second-order valence-corrected chi connectivity index (χ2v) is 11.8. The maximum absolute atomic E-state index is 14.0. The molecule has 4 bridgehead atoms. The summed E-state index contributed by atoms with van der Waals surface area (Å²) in [5, 5.41) is 0.196. The van der Waals surface area contributed by atoms with Gasteiger partial charge in [-0.05, 0) is 50.7 Å². The van der Waals surface area contributed by atoms with Gasteiger partial charge in [-0.3, -0.25) is 4.79 Å². The minimum atomic E-state index is -4.18. The smallest absolute Gasteiger partial charge is 0.338 e. The topological polar surface area (TPSA) is 78.9 Å². The van der Waals surface area contributed by atoms with E-state index in [1.54, 1.807) is 19.1 Å². The number of hydrogen-bond donors (Lipinski definition) is 0. The van der Waals surface area contributed by atoms with E-state index in [1.165, 1.54) is 19.2 Å². The standard InChI is InChI=1S/C23H27ClO6S/c1-13-6-9-15(10-7-13)31(26,27)30-18-17(24)22-14(2)8-11-16(22)20(3)12-29-23(28-5,19(22)25)21(18,20)4/h6-7,9-10,14,16H,8,11-12H2,1-5H3. The van der Waals surface area contributed by atoms with Crippen LogP contribution in [0.1, 0.15) is 39.2 Å². The highest BCUT2D eigenvalue weighted by molar-refractivity contribution is 7.86. The minimum absolute atomic E-state index is 0.0323. The predicted molar refractivity (Wildman–Crippen MR) is 114 cm³/mol. The van der Waals surface area contributed by atoms with Gasteiger partial charge in [-0.25, -0.2) is 0 Å². The van der Waals surface area contributed by atoms with Crippen molar-refractivity contribution in [1.29, 1.82) is 0 Å². The lowest BCUT2D eigenvalue weighted by Gasteiger charge is -2.64. The highest BCUT2D eigenvalue weighted by Gasteiger charge is 2.88. The average Bonchev–Trinajstić information content (AvgIpc) is 3.17. The molecule has 6 rings (SSSR count). The number of ketones is 1. The number of hydrogen-bond acceptors (Lipinski definition) is 6. The first-order chi connectivity index (χ1) is 14.4. The first kappa shape index (κ1) is 21.4. The Balaban J connectivity index is 1.77. The number of rotatable bonds is 4. The molecule has 1 aromatic carbocycles. The van der Waals surface area contributed by atoms with Crippen LogP contribution in [0.15, 0.2) is 40.0 Å². The number of carbonyl (C=O) groups is 1. The van der Waals surface area contributed by atoms with Crippen LogP contribution in [-0.2, 0) is 28.6 Å². The highest BCUT2D eigenvalue weighted by Crippen LogP contribution is 2.81. The number of carbonyl (C=O) groups excluding carboxylic acids is 1. The maximum Gasteiger partial charge on any atom is 0.338 e. The number of aryl methyl sites for hydroxylation is 1. The number of ether oxygens (including phenoxy) is 2. The van der Waals surface area contributed by atoms with Crippen molar-refractivity contribution < 1.29 is 26.9 Å². The van der Waals surface area contributed by atoms with Crippen molar-refractivity contribution in [3.63, 3.8) is 0 Å². The predicted octanol–water partition coefficient (Wildman–Crippen LogP) is 4.17. The Labute approximate surface area is 188 Å². The van der Waals surface area contributed by atoms with Crippen LogP contribution < -0.4 is 0 Å². The van der Waals surface area contributed by atoms with Crippen LogP contribution >= 0.6 is 11.6 Å². The molecule has 0 amide bonds. The number of Topliss-reactive ketones (excluding diaryl/α,β-unsaturated/α-hetero) is 1. The fraction of sp³-hybridized carbons (Fsp3) is 0.609. The van der Waals surface area contributed by atoms with Crippen LogP contribution in [0.2, 0.25) is 0 Å². The Bertz CT molecular complexity index is 1130. The molecule has 0 aromatic heterocycles. The Kier molecular flexibility index (Phi) is 4.24. The third-order valence-corrected chi connectivity index (χ3v) is 10.6. The third-order valence-electron chi connectivity index (χ3n) is 8.84. The SMILES string of the molecule is COC12OCC3(C)C4CCC(C)C4(C1=O)C(Cl)=C(OS(=O)(=O)c1ccc(C)cc1)C23C. The van der Waals surface area contributed by atoms with Gasteiger partial charge < -0.3 is 13.7 Å². The van der Waals surface area contributed by atoms with Gasteiger partial charge in [0, 0.05) is 12.5 Å². The summed E-state index contributed by atoms with van der Waals surface area (Å²) in [5.74, 6) is -1.91. The summed E-state index contributed by atoms with van der Waals surface area (Å²) in [4.78, 5) is 14.0. The monoisotopic (exact) mass is 466 g/mol. The second-order valence-electron chi connectivity index (χ2n) is 9.87. The van der Waals surface area contributed by atoms with Crippen molar-refractivity contribution in [3.05, 3.63) is 40.6 Å². The first-order valence-electron chi connectivity index (χ1n) is 10.6. The fourth-order valence-electron chi connectivity index (χ4n) is 6.97. The molecule has 31 heavy (non-hydrogen) atoms. The van der Waals surface area contributed by atoms with E-state index in [9.17, 15) is 13.2 Å². The highest BCUT2D eigenvalue weighted by atomic mass is 35.5. The maximum atomic E-state index is 14.0. The summed E-state index contributed by atoms with van der Waals surface area (Å²) < 4.78 is 44.3. The number of methoxy groups -OCH3 is 1. The van der Waals surface area contributed by atoms with E-state index in [1.807, 2.05) is 20.8 Å². The molecule has 2 saturated carbocycles. The van der Waals surface area contributed by atoms with Gasteiger partial charge in [0.25, 0.3) is 0 Å². The lowest BCUT2D eigenvalue weighted by Crippen LogP contribution is -2.73. The molecule has 6 nitrogen and oxygen atoms in total. The Morgan fingerprint density at radius 3 is 2.42 bits per heavy atom. The van der Waals surface area contributed by atoms with Gasteiger partial charge >= 0.3 is 10.1 Å². The van der Waals surface area contributed by atoms with E-state index < -0.39 is 32.2 Å². The van der Waals surface area contributed by atoms with E-state index in [0.29, 0.717) is 0 Å². The van der Waals surface area contributed by atoms with E-state index in [0.717, 1.165) is 18.4 Å². The van der Waals surface area contributed by atoms with Crippen LogP contribution in [0.5, 0.6) is 0 Å². The van der Waals surface area contributed by atoms with Crippen molar-refractivity contribution >= 4 is 27.5 Å². The molecule has 1 spiro atoms. The Morgan fingerprint density at radius 2 is 1.81 bits per heavy atom. The number of allylic oxidation sites excluding steroid dienone is 1. The average molecular weight is 467 g/mol. The summed E-state index contributed by atoms with van der Waals surface area (Å²) in [6, 6.07) is 6.43. The van der Waals surface area contributed by atoms with Crippen LogP contribution in [0.4, 0.5) is 0 Å². The molecule has 1 saturated heterocycles.